The topological polar surface area (TPSA) is 105 Å². The van der Waals surface area contributed by atoms with Crippen LogP contribution in [-0.4, -0.2) is 63.7 Å². The highest BCUT2D eigenvalue weighted by Crippen LogP contribution is 2.34. The van der Waals surface area contributed by atoms with Crippen LogP contribution in [0.2, 0.25) is 0 Å². The number of nitrogens with one attached hydrogen (secondary N) is 1. The van der Waals surface area contributed by atoms with Gasteiger partial charge in [-0.2, -0.15) is 0 Å². The average Bonchev–Trinajstić information content (AvgIpc) is 2.82. The quantitative estimate of drug-likeness (QED) is 0.520. The summed E-state index contributed by atoms with van der Waals surface area (Å²) in [7, 11) is -3.83. The fraction of sp³-hybridized carbons (Fsp3) is 0.462. The summed E-state index contributed by atoms with van der Waals surface area (Å²) in [6.45, 7) is 8.49. The molecule has 0 aliphatic carbocycles. The fourth-order valence-corrected chi connectivity index (χ4v) is 4.68. The Hall–Kier alpha value is -3.27. The Bertz CT molecular complexity index is 1200. The lowest BCUT2D eigenvalue weighted by Gasteiger charge is -2.32. The van der Waals surface area contributed by atoms with Crippen LogP contribution in [0.1, 0.15) is 31.9 Å². The van der Waals surface area contributed by atoms with Crippen molar-refractivity contribution in [3.8, 4) is 11.5 Å². The minimum Gasteiger partial charge on any atom is -0.486 e. The number of nitrogens with zero attached hydrogens (tertiary/aromatic N) is 2. The number of hydrogen-bond acceptors (Lipinski definition) is 6. The number of hydrogen-bond donors (Lipinski definition) is 1. The summed E-state index contributed by atoms with van der Waals surface area (Å²) in [5, 5.41) is 2.87. The lowest BCUT2D eigenvalue weighted by molar-refractivity contribution is -0.139. The van der Waals surface area contributed by atoms with Crippen LogP contribution in [0.15, 0.2) is 42.5 Å². The van der Waals surface area contributed by atoms with E-state index in [-0.39, 0.29) is 24.1 Å². The third kappa shape index (κ3) is 7.13. The minimum atomic E-state index is -3.83. The maximum absolute atomic E-state index is 13.6. The SMILES string of the molecule is Cc1cccc(CN(C(=O)CN(c2ccc3c(c2)OCCO3)S(C)(=O)=O)[C@@H](C)C(=O)NCC(C)C)c1. The predicted molar refractivity (Wildman–Crippen MR) is 139 cm³/mol. The molecule has 1 aliphatic heterocycles. The second-order valence-electron chi connectivity index (χ2n) is 9.42. The number of carbonyl (C=O) groups is 2. The van der Waals surface area contributed by atoms with Crippen LogP contribution in [0.25, 0.3) is 0 Å². The first-order valence-corrected chi connectivity index (χ1v) is 13.8. The Morgan fingerprint density at radius 1 is 1.03 bits per heavy atom. The lowest BCUT2D eigenvalue weighted by Crippen LogP contribution is -2.51. The molecule has 0 aromatic heterocycles. The van der Waals surface area contributed by atoms with Crippen molar-refractivity contribution in [2.24, 2.45) is 5.92 Å². The summed E-state index contributed by atoms with van der Waals surface area (Å²) < 4.78 is 37.6. The maximum atomic E-state index is 13.6. The number of fused-ring (bicyclic) bond motifs is 1. The molecule has 0 fully saturated rings. The number of sulfonamides is 1. The van der Waals surface area contributed by atoms with Crippen LogP contribution in [0, 0.1) is 12.8 Å². The van der Waals surface area contributed by atoms with Crippen molar-refractivity contribution in [2.45, 2.75) is 40.3 Å². The summed E-state index contributed by atoms with van der Waals surface area (Å²) in [6.07, 6.45) is 1.04. The normalized spacial score (nSPS) is 13.7. The lowest BCUT2D eigenvalue weighted by atomic mass is 10.1. The van der Waals surface area contributed by atoms with Crippen molar-refractivity contribution in [3.05, 3.63) is 53.6 Å². The van der Waals surface area contributed by atoms with Crippen molar-refractivity contribution >= 4 is 27.5 Å². The van der Waals surface area contributed by atoms with Crippen molar-refractivity contribution in [3.63, 3.8) is 0 Å². The van der Waals surface area contributed by atoms with Crippen molar-refractivity contribution in [2.75, 3.05) is 36.9 Å². The van der Waals surface area contributed by atoms with Gasteiger partial charge in [0, 0.05) is 19.2 Å². The second kappa shape index (κ2) is 11.6. The molecule has 0 unspecified atom stereocenters. The van der Waals surface area contributed by atoms with E-state index >= 15 is 0 Å². The highest BCUT2D eigenvalue weighted by atomic mass is 32.2. The summed E-state index contributed by atoms with van der Waals surface area (Å²) in [5.41, 5.74) is 2.14. The van der Waals surface area contributed by atoms with E-state index in [9.17, 15) is 18.0 Å². The molecule has 1 aliphatic rings. The summed E-state index contributed by atoms with van der Waals surface area (Å²) in [4.78, 5) is 27.9. The standard InChI is InChI=1S/C26H35N3O6S/c1-18(2)15-27-26(31)20(4)28(16-21-8-6-7-19(3)13-21)25(30)17-29(36(5,32)33)22-9-10-23-24(14-22)35-12-11-34-23/h6-10,13-14,18,20H,11-12,15-17H2,1-5H3,(H,27,31)/t20-/m0/s1. The Morgan fingerprint density at radius 3 is 2.36 bits per heavy atom. The zero-order valence-corrected chi connectivity index (χ0v) is 22.3. The molecule has 0 bridgehead atoms. The molecule has 1 atom stereocenters. The first kappa shape index (κ1) is 27.3. The second-order valence-corrected chi connectivity index (χ2v) is 11.3. The molecule has 2 aromatic rings. The van der Waals surface area contributed by atoms with Gasteiger partial charge in [-0.25, -0.2) is 8.42 Å². The Balaban J connectivity index is 1.90. The third-order valence-electron chi connectivity index (χ3n) is 5.78. The summed E-state index contributed by atoms with van der Waals surface area (Å²) in [5.74, 6) is 0.385. The van der Waals surface area contributed by atoms with Crippen molar-refractivity contribution in [1.82, 2.24) is 10.2 Å². The molecule has 0 saturated carbocycles. The average molecular weight is 518 g/mol. The number of benzene rings is 2. The number of anilines is 1. The minimum absolute atomic E-state index is 0.162. The van der Waals surface area contributed by atoms with E-state index in [2.05, 4.69) is 5.32 Å². The van der Waals surface area contributed by atoms with Gasteiger partial charge in [-0.15, -0.1) is 0 Å². The molecule has 3 rings (SSSR count). The van der Waals surface area contributed by atoms with E-state index in [4.69, 9.17) is 9.47 Å². The molecule has 10 heteroatoms. The maximum Gasteiger partial charge on any atom is 0.244 e. The summed E-state index contributed by atoms with van der Waals surface area (Å²) >= 11 is 0. The smallest absolute Gasteiger partial charge is 0.244 e. The Kier molecular flexibility index (Phi) is 8.84. The number of carbonyl (C=O) groups excluding carboxylic acids is 2. The molecule has 2 aromatic carbocycles. The van der Waals surface area contributed by atoms with E-state index in [0.717, 1.165) is 21.7 Å². The zero-order valence-electron chi connectivity index (χ0n) is 21.5. The van der Waals surface area contributed by atoms with Gasteiger partial charge in [-0.3, -0.25) is 13.9 Å². The molecular weight excluding hydrogens is 482 g/mol. The Labute approximate surface area is 213 Å². The molecule has 36 heavy (non-hydrogen) atoms. The fourth-order valence-electron chi connectivity index (χ4n) is 3.84. The number of rotatable bonds is 10. The largest absolute Gasteiger partial charge is 0.486 e. The van der Waals surface area contributed by atoms with Crippen LogP contribution in [0.4, 0.5) is 5.69 Å². The van der Waals surface area contributed by atoms with Gasteiger partial charge in [0.25, 0.3) is 0 Å². The van der Waals surface area contributed by atoms with Crippen LogP contribution in [-0.2, 0) is 26.2 Å². The molecule has 1 heterocycles. The van der Waals surface area contributed by atoms with E-state index in [1.807, 2.05) is 45.0 Å². The molecular formula is C26H35N3O6S. The van der Waals surface area contributed by atoms with Crippen LogP contribution < -0.4 is 19.1 Å². The van der Waals surface area contributed by atoms with Crippen LogP contribution in [0.5, 0.6) is 11.5 Å². The van der Waals surface area contributed by atoms with Gasteiger partial charge >= 0.3 is 0 Å². The van der Waals surface area contributed by atoms with Gasteiger partial charge in [-0.05, 0) is 37.5 Å². The Morgan fingerprint density at radius 2 is 1.72 bits per heavy atom. The van der Waals surface area contributed by atoms with E-state index in [1.165, 1.54) is 4.90 Å². The van der Waals surface area contributed by atoms with Gasteiger partial charge in [-0.1, -0.05) is 43.7 Å². The molecule has 2 amide bonds. The van der Waals surface area contributed by atoms with Crippen molar-refractivity contribution < 1.29 is 27.5 Å². The highest BCUT2D eigenvalue weighted by molar-refractivity contribution is 7.92. The van der Waals surface area contributed by atoms with Gasteiger partial charge in [0.05, 0.1) is 11.9 Å². The number of ether oxygens (including phenoxy) is 2. The van der Waals surface area contributed by atoms with Crippen LogP contribution in [0.3, 0.4) is 0 Å². The highest BCUT2D eigenvalue weighted by Gasteiger charge is 2.30. The van der Waals surface area contributed by atoms with Crippen molar-refractivity contribution in [1.29, 1.82) is 0 Å². The van der Waals surface area contributed by atoms with Crippen LogP contribution >= 0.6 is 0 Å². The van der Waals surface area contributed by atoms with E-state index in [1.54, 1.807) is 25.1 Å². The predicted octanol–water partition coefficient (Wildman–Crippen LogP) is 2.72. The first-order chi connectivity index (χ1) is 17.0. The van der Waals surface area contributed by atoms with Gasteiger partial charge < -0.3 is 19.7 Å². The van der Waals surface area contributed by atoms with Gasteiger partial charge in [0.2, 0.25) is 21.8 Å². The molecule has 9 nitrogen and oxygen atoms in total. The van der Waals surface area contributed by atoms with E-state index < -0.39 is 28.5 Å². The summed E-state index contributed by atoms with van der Waals surface area (Å²) in [6, 6.07) is 11.6. The zero-order chi connectivity index (χ0) is 26.5. The van der Waals surface area contributed by atoms with Gasteiger partial charge in [0.15, 0.2) is 11.5 Å². The molecule has 1 N–H and O–H groups in total. The first-order valence-electron chi connectivity index (χ1n) is 12.0. The number of aryl methyl sites for hydroxylation is 1. The van der Waals surface area contributed by atoms with Gasteiger partial charge in [0.1, 0.15) is 25.8 Å². The number of amides is 2. The molecule has 0 spiro atoms. The third-order valence-corrected chi connectivity index (χ3v) is 6.92. The van der Waals surface area contributed by atoms with E-state index in [0.29, 0.717) is 31.3 Å². The molecule has 0 radical (unpaired) electrons. The molecule has 0 saturated heterocycles. The molecule has 196 valence electrons. The monoisotopic (exact) mass is 517 g/mol.